The lowest BCUT2D eigenvalue weighted by molar-refractivity contribution is 1.04. The Kier molecular flexibility index (Phi) is 4.64. The van der Waals surface area contributed by atoms with Crippen LogP contribution in [0.25, 0.3) is 10.6 Å². The van der Waals surface area contributed by atoms with Crippen LogP contribution in [0.4, 0.5) is 5.13 Å². The molecule has 0 radical (unpaired) electrons. The van der Waals surface area contributed by atoms with Crippen LogP contribution in [0.1, 0.15) is 31.5 Å². The van der Waals surface area contributed by atoms with E-state index in [4.69, 9.17) is 10.7 Å². The third-order valence-corrected chi connectivity index (χ3v) is 5.45. The van der Waals surface area contributed by atoms with Crippen molar-refractivity contribution >= 4 is 39.6 Å². The highest BCUT2D eigenvalue weighted by atomic mass is 32.2. The zero-order valence-corrected chi connectivity index (χ0v) is 13.2. The number of hydrogen-bond acceptors (Lipinski definition) is 6. The molecule has 2 aromatic heterocycles. The molecule has 0 saturated heterocycles. The van der Waals surface area contributed by atoms with Crippen molar-refractivity contribution in [1.29, 1.82) is 0 Å². The van der Waals surface area contributed by atoms with Crippen molar-refractivity contribution < 1.29 is 0 Å². The Balaban J connectivity index is 2.24. The van der Waals surface area contributed by atoms with E-state index >= 15 is 0 Å². The minimum Gasteiger partial charge on any atom is -0.375 e. The summed E-state index contributed by atoms with van der Waals surface area (Å²) in [5, 5.41) is 4.46. The van der Waals surface area contributed by atoms with Crippen molar-refractivity contribution in [2.75, 3.05) is 5.73 Å². The van der Waals surface area contributed by atoms with Crippen LogP contribution in [-0.2, 0) is 12.2 Å². The predicted molar refractivity (Wildman–Crippen MR) is 83.4 cm³/mol. The van der Waals surface area contributed by atoms with Crippen molar-refractivity contribution in [3.63, 3.8) is 0 Å². The van der Waals surface area contributed by atoms with Gasteiger partial charge < -0.3 is 5.73 Å². The first kappa shape index (κ1) is 13.8. The van der Waals surface area contributed by atoms with Crippen LogP contribution < -0.4 is 5.73 Å². The van der Waals surface area contributed by atoms with Gasteiger partial charge in [0, 0.05) is 11.1 Å². The molecule has 3 nitrogen and oxygen atoms in total. The zero-order valence-electron chi connectivity index (χ0n) is 10.8. The topological polar surface area (TPSA) is 51.8 Å². The summed E-state index contributed by atoms with van der Waals surface area (Å²) < 4.78 is 0. The zero-order chi connectivity index (χ0) is 13.1. The van der Waals surface area contributed by atoms with Gasteiger partial charge in [-0.05, 0) is 11.7 Å². The molecule has 0 aliphatic rings. The largest absolute Gasteiger partial charge is 0.375 e. The maximum absolute atomic E-state index is 5.70. The Morgan fingerprint density at radius 3 is 2.72 bits per heavy atom. The molecule has 0 aliphatic heterocycles. The molecule has 2 rings (SSSR count). The predicted octanol–water partition coefficient (Wildman–Crippen LogP) is 4.05. The van der Waals surface area contributed by atoms with Crippen molar-refractivity contribution in [2.24, 2.45) is 0 Å². The molecule has 6 heteroatoms. The fourth-order valence-corrected chi connectivity index (χ4v) is 4.05. The van der Waals surface area contributed by atoms with Crippen LogP contribution in [0.5, 0.6) is 0 Å². The summed E-state index contributed by atoms with van der Waals surface area (Å²) in [4.78, 5) is 10.3. The second kappa shape index (κ2) is 6.04. The highest BCUT2D eigenvalue weighted by molar-refractivity contribution is 7.99. The highest BCUT2D eigenvalue weighted by Gasteiger charge is 2.14. The summed E-state index contributed by atoms with van der Waals surface area (Å²) in [5.41, 5.74) is 7.82. The van der Waals surface area contributed by atoms with Gasteiger partial charge in [0.05, 0.1) is 16.3 Å². The molecule has 98 valence electrons. The van der Waals surface area contributed by atoms with Crippen LogP contribution in [-0.4, -0.2) is 15.2 Å². The quantitative estimate of drug-likeness (QED) is 0.905. The molecule has 2 heterocycles. The molecular formula is C12H17N3S3. The maximum Gasteiger partial charge on any atom is 0.180 e. The summed E-state index contributed by atoms with van der Waals surface area (Å²) in [6, 6.07) is 0. The standard InChI is InChI=1S/C12H17N3S3/c1-4-8-11(9-5-17-12(13)15-9)18-10(14-8)6-16-7(2)3/h5,7H,4,6H2,1-3H3,(H2,13,15). The van der Waals surface area contributed by atoms with E-state index in [1.807, 2.05) is 17.1 Å². The maximum atomic E-state index is 5.70. The summed E-state index contributed by atoms with van der Waals surface area (Å²) in [6.45, 7) is 6.55. The third-order valence-electron chi connectivity index (χ3n) is 2.37. The smallest absolute Gasteiger partial charge is 0.180 e. The number of aryl methyl sites for hydroxylation is 1. The Hall–Kier alpha value is -0.590. The molecule has 2 N–H and O–H groups in total. The number of thiazole rings is 2. The van der Waals surface area contributed by atoms with Gasteiger partial charge in [0.2, 0.25) is 0 Å². The molecule has 0 fully saturated rings. The molecule has 0 amide bonds. The Bertz CT molecular complexity index is 516. The molecule has 0 spiro atoms. The fraction of sp³-hybridized carbons (Fsp3) is 0.500. The lowest BCUT2D eigenvalue weighted by atomic mass is 10.2. The first-order chi connectivity index (χ1) is 8.60. The second-order valence-corrected chi connectivity index (χ2v) is 7.71. The van der Waals surface area contributed by atoms with E-state index in [0.29, 0.717) is 10.4 Å². The van der Waals surface area contributed by atoms with E-state index < -0.39 is 0 Å². The molecule has 0 bridgehead atoms. The summed E-state index contributed by atoms with van der Waals surface area (Å²) >= 11 is 5.16. The normalized spacial score (nSPS) is 11.3. The number of hydrogen-bond donors (Lipinski definition) is 1. The molecule has 18 heavy (non-hydrogen) atoms. The summed E-state index contributed by atoms with van der Waals surface area (Å²) in [7, 11) is 0. The lowest BCUT2D eigenvalue weighted by Crippen LogP contribution is -1.89. The average molecular weight is 299 g/mol. The fourth-order valence-electron chi connectivity index (χ4n) is 1.53. The summed E-state index contributed by atoms with van der Waals surface area (Å²) in [5.74, 6) is 0.981. The van der Waals surface area contributed by atoms with E-state index in [0.717, 1.165) is 23.6 Å². The van der Waals surface area contributed by atoms with Crippen molar-refractivity contribution in [3.05, 3.63) is 16.1 Å². The number of anilines is 1. The number of rotatable bonds is 5. The lowest BCUT2D eigenvalue weighted by Gasteiger charge is -2.00. The van der Waals surface area contributed by atoms with E-state index in [1.165, 1.54) is 21.2 Å². The minimum atomic E-state index is 0.624. The first-order valence-electron chi connectivity index (χ1n) is 5.91. The van der Waals surface area contributed by atoms with Gasteiger partial charge in [-0.15, -0.1) is 22.7 Å². The molecule has 0 atom stereocenters. The first-order valence-corrected chi connectivity index (χ1v) is 8.66. The van der Waals surface area contributed by atoms with Crippen LogP contribution in [0.3, 0.4) is 0 Å². The van der Waals surface area contributed by atoms with E-state index in [9.17, 15) is 0 Å². The molecule has 0 aliphatic carbocycles. The van der Waals surface area contributed by atoms with Gasteiger partial charge in [-0.25, -0.2) is 9.97 Å². The van der Waals surface area contributed by atoms with Gasteiger partial charge in [0.25, 0.3) is 0 Å². The average Bonchev–Trinajstić information content (AvgIpc) is 2.92. The van der Waals surface area contributed by atoms with Crippen molar-refractivity contribution in [1.82, 2.24) is 9.97 Å². The van der Waals surface area contributed by atoms with Crippen LogP contribution in [0.2, 0.25) is 0 Å². The molecule has 0 aromatic carbocycles. The molecule has 0 saturated carbocycles. The van der Waals surface area contributed by atoms with Crippen LogP contribution in [0, 0.1) is 0 Å². The number of nitrogens with two attached hydrogens (primary N) is 1. The number of aromatic nitrogens is 2. The van der Waals surface area contributed by atoms with Gasteiger partial charge in [-0.3, -0.25) is 0 Å². The van der Waals surface area contributed by atoms with Gasteiger partial charge in [0.15, 0.2) is 5.13 Å². The van der Waals surface area contributed by atoms with Gasteiger partial charge >= 0.3 is 0 Å². The monoisotopic (exact) mass is 299 g/mol. The SMILES string of the molecule is CCc1nc(CSC(C)C)sc1-c1csc(N)n1. The van der Waals surface area contributed by atoms with Crippen molar-refractivity contribution in [2.45, 2.75) is 38.2 Å². The number of nitrogen functional groups attached to an aromatic ring is 1. The van der Waals surface area contributed by atoms with Gasteiger partial charge in [0.1, 0.15) is 5.01 Å². The number of nitrogens with zero attached hydrogens (tertiary/aromatic N) is 2. The van der Waals surface area contributed by atoms with Crippen LogP contribution in [0.15, 0.2) is 5.38 Å². The van der Waals surface area contributed by atoms with Crippen LogP contribution >= 0.6 is 34.4 Å². The number of thioether (sulfide) groups is 1. The second-order valence-electron chi connectivity index (χ2n) is 4.17. The van der Waals surface area contributed by atoms with Gasteiger partial charge in [-0.2, -0.15) is 11.8 Å². The Morgan fingerprint density at radius 2 is 2.17 bits per heavy atom. The highest BCUT2D eigenvalue weighted by Crippen LogP contribution is 2.34. The van der Waals surface area contributed by atoms with E-state index in [1.54, 1.807) is 11.3 Å². The van der Waals surface area contributed by atoms with E-state index in [2.05, 4.69) is 25.8 Å². The molecular weight excluding hydrogens is 282 g/mol. The third kappa shape index (κ3) is 3.24. The molecule has 0 unspecified atom stereocenters. The van der Waals surface area contributed by atoms with Gasteiger partial charge in [-0.1, -0.05) is 20.8 Å². The molecule has 2 aromatic rings. The Labute approximate surface area is 120 Å². The van der Waals surface area contributed by atoms with E-state index in [-0.39, 0.29) is 0 Å². The summed E-state index contributed by atoms with van der Waals surface area (Å²) in [6.07, 6.45) is 0.940. The Morgan fingerprint density at radius 1 is 1.39 bits per heavy atom. The minimum absolute atomic E-state index is 0.624. The van der Waals surface area contributed by atoms with Crippen molar-refractivity contribution in [3.8, 4) is 10.6 Å².